The molecule has 0 saturated carbocycles. The van der Waals surface area contributed by atoms with E-state index in [-0.39, 0.29) is 0 Å². The van der Waals surface area contributed by atoms with E-state index in [2.05, 4.69) is 48.3 Å². The van der Waals surface area contributed by atoms with E-state index in [1.54, 1.807) is 14.2 Å². The molecule has 1 heterocycles. The number of nitrogens with zero attached hydrogens (tertiary/aromatic N) is 1. The fourth-order valence-electron chi connectivity index (χ4n) is 3.78. The molecule has 0 amide bonds. The Morgan fingerprint density at radius 2 is 1.65 bits per heavy atom. The largest absolute Gasteiger partial charge is 0.497 e. The second-order valence-electron chi connectivity index (χ2n) is 7.25. The van der Waals surface area contributed by atoms with Crippen LogP contribution < -0.4 is 14.8 Å². The van der Waals surface area contributed by atoms with Crippen LogP contribution in [-0.4, -0.2) is 38.3 Å². The van der Waals surface area contributed by atoms with Crippen LogP contribution in [0.25, 0.3) is 0 Å². The normalized spacial score (nSPS) is 15.7. The second-order valence-corrected chi connectivity index (χ2v) is 7.25. The molecule has 4 nitrogen and oxygen atoms in total. The minimum Gasteiger partial charge on any atom is -0.497 e. The maximum Gasteiger partial charge on any atom is 0.123 e. The lowest BCUT2D eigenvalue weighted by atomic mass is 10.0. The van der Waals surface area contributed by atoms with Crippen molar-refractivity contribution in [2.45, 2.75) is 39.3 Å². The Balaban J connectivity index is 1.57. The molecule has 1 aliphatic rings. The monoisotopic (exact) mass is 354 g/mol. The summed E-state index contributed by atoms with van der Waals surface area (Å²) >= 11 is 0. The van der Waals surface area contributed by atoms with E-state index in [1.165, 1.54) is 22.4 Å². The standard InChI is InChI=1S/C22H30N2O2/c1-16-11-17(2)13-20(12-16)23-19-7-9-24(10-8-19)15-18-14-21(25-3)5-6-22(18)26-4/h5-6,11-14,19,23H,7-10,15H2,1-4H3. The van der Waals surface area contributed by atoms with Gasteiger partial charge in [0.25, 0.3) is 0 Å². The van der Waals surface area contributed by atoms with Crippen LogP contribution in [0.1, 0.15) is 29.5 Å². The highest BCUT2D eigenvalue weighted by Gasteiger charge is 2.20. The maximum atomic E-state index is 5.51. The van der Waals surface area contributed by atoms with Crippen molar-refractivity contribution >= 4 is 5.69 Å². The van der Waals surface area contributed by atoms with Crippen LogP contribution >= 0.6 is 0 Å². The summed E-state index contributed by atoms with van der Waals surface area (Å²) in [6.45, 7) is 7.38. The van der Waals surface area contributed by atoms with Crippen molar-refractivity contribution in [3.63, 3.8) is 0 Å². The smallest absolute Gasteiger partial charge is 0.123 e. The minimum atomic E-state index is 0.541. The molecule has 2 aromatic rings. The van der Waals surface area contributed by atoms with Gasteiger partial charge in [-0.3, -0.25) is 4.90 Å². The van der Waals surface area contributed by atoms with Crippen LogP contribution in [0.2, 0.25) is 0 Å². The van der Waals surface area contributed by atoms with Gasteiger partial charge >= 0.3 is 0 Å². The van der Waals surface area contributed by atoms with Gasteiger partial charge in [0, 0.05) is 36.9 Å². The predicted molar refractivity (Wildman–Crippen MR) is 107 cm³/mol. The number of likely N-dealkylation sites (tertiary alicyclic amines) is 1. The number of hydrogen-bond acceptors (Lipinski definition) is 4. The molecule has 1 saturated heterocycles. The number of aryl methyl sites for hydroxylation is 2. The number of methoxy groups -OCH3 is 2. The fraction of sp³-hybridized carbons (Fsp3) is 0.455. The number of anilines is 1. The number of ether oxygens (including phenoxy) is 2. The number of piperidine rings is 1. The molecule has 0 radical (unpaired) electrons. The maximum absolute atomic E-state index is 5.51. The first-order valence-electron chi connectivity index (χ1n) is 9.35. The van der Waals surface area contributed by atoms with Gasteiger partial charge in [-0.2, -0.15) is 0 Å². The van der Waals surface area contributed by atoms with E-state index in [1.807, 2.05) is 12.1 Å². The Morgan fingerprint density at radius 3 is 2.27 bits per heavy atom. The molecule has 0 bridgehead atoms. The molecule has 4 heteroatoms. The first kappa shape index (κ1) is 18.6. The Bertz CT molecular complexity index is 717. The summed E-state index contributed by atoms with van der Waals surface area (Å²) in [5, 5.41) is 3.72. The lowest BCUT2D eigenvalue weighted by Gasteiger charge is -2.33. The van der Waals surface area contributed by atoms with Crippen molar-refractivity contribution in [3.8, 4) is 11.5 Å². The highest BCUT2D eigenvalue weighted by Crippen LogP contribution is 2.27. The summed E-state index contributed by atoms with van der Waals surface area (Å²) in [4.78, 5) is 2.50. The van der Waals surface area contributed by atoms with Gasteiger partial charge in [0.05, 0.1) is 14.2 Å². The molecule has 1 fully saturated rings. The highest BCUT2D eigenvalue weighted by molar-refractivity contribution is 5.49. The molecule has 0 aromatic heterocycles. The number of hydrogen-bond donors (Lipinski definition) is 1. The molecule has 1 aliphatic heterocycles. The summed E-state index contributed by atoms with van der Waals surface area (Å²) in [5.74, 6) is 1.81. The first-order valence-corrected chi connectivity index (χ1v) is 9.35. The molecule has 0 aliphatic carbocycles. The lowest BCUT2D eigenvalue weighted by molar-refractivity contribution is 0.208. The average molecular weight is 354 g/mol. The van der Waals surface area contributed by atoms with Gasteiger partial charge in [-0.15, -0.1) is 0 Å². The SMILES string of the molecule is COc1ccc(OC)c(CN2CCC(Nc3cc(C)cc(C)c3)CC2)c1. The van der Waals surface area contributed by atoms with Crippen LogP contribution in [0, 0.1) is 13.8 Å². The van der Waals surface area contributed by atoms with Gasteiger partial charge in [0.2, 0.25) is 0 Å². The van der Waals surface area contributed by atoms with E-state index < -0.39 is 0 Å². The quantitative estimate of drug-likeness (QED) is 0.834. The molecule has 1 N–H and O–H groups in total. The van der Waals surface area contributed by atoms with Crippen molar-refractivity contribution < 1.29 is 9.47 Å². The predicted octanol–water partition coefficient (Wildman–Crippen LogP) is 4.40. The number of benzene rings is 2. The Morgan fingerprint density at radius 1 is 0.962 bits per heavy atom. The van der Waals surface area contributed by atoms with Crippen LogP contribution in [0.4, 0.5) is 5.69 Å². The first-order chi connectivity index (χ1) is 12.6. The zero-order chi connectivity index (χ0) is 18.5. The van der Waals surface area contributed by atoms with Gasteiger partial charge in [-0.25, -0.2) is 0 Å². The third kappa shape index (κ3) is 4.70. The van der Waals surface area contributed by atoms with Gasteiger partial charge in [-0.05, 0) is 68.1 Å². The fourth-order valence-corrected chi connectivity index (χ4v) is 3.78. The minimum absolute atomic E-state index is 0.541. The highest BCUT2D eigenvalue weighted by atomic mass is 16.5. The van der Waals surface area contributed by atoms with E-state index in [4.69, 9.17) is 9.47 Å². The van der Waals surface area contributed by atoms with Crippen LogP contribution in [0.15, 0.2) is 36.4 Å². The molecular formula is C22H30N2O2. The molecule has 26 heavy (non-hydrogen) atoms. The Hall–Kier alpha value is -2.20. The van der Waals surface area contributed by atoms with E-state index in [9.17, 15) is 0 Å². The average Bonchev–Trinajstić information content (AvgIpc) is 2.62. The van der Waals surface area contributed by atoms with Gasteiger partial charge in [0.15, 0.2) is 0 Å². The topological polar surface area (TPSA) is 33.7 Å². The zero-order valence-corrected chi connectivity index (χ0v) is 16.3. The van der Waals surface area contributed by atoms with Crippen molar-refractivity contribution in [1.29, 1.82) is 0 Å². The molecule has 2 aromatic carbocycles. The lowest BCUT2D eigenvalue weighted by Crippen LogP contribution is -2.38. The number of nitrogens with one attached hydrogen (secondary N) is 1. The van der Waals surface area contributed by atoms with Gasteiger partial charge in [-0.1, -0.05) is 6.07 Å². The van der Waals surface area contributed by atoms with Crippen LogP contribution in [0.3, 0.4) is 0 Å². The Kier molecular flexibility index (Phi) is 6.04. The zero-order valence-electron chi connectivity index (χ0n) is 16.3. The van der Waals surface area contributed by atoms with E-state index >= 15 is 0 Å². The summed E-state index contributed by atoms with van der Waals surface area (Å²) < 4.78 is 10.9. The van der Waals surface area contributed by atoms with Gasteiger partial charge < -0.3 is 14.8 Å². The summed E-state index contributed by atoms with van der Waals surface area (Å²) in [6.07, 6.45) is 2.30. The van der Waals surface area contributed by atoms with Crippen molar-refractivity contribution in [2.24, 2.45) is 0 Å². The van der Waals surface area contributed by atoms with Crippen molar-refractivity contribution in [2.75, 3.05) is 32.6 Å². The summed E-state index contributed by atoms with van der Waals surface area (Å²) in [7, 11) is 3.43. The van der Waals surface area contributed by atoms with E-state index in [0.717, 1.165) is 44.0 Å². The second kappa shape index (κ2) is 8.45. The molecule has 140 valence electrons. The van der Waals surface area contributed by atoms with Crippen molar-refractivity contribution in [3.05, 3.63) is 53.1 Å². The molecule has 0 atom stereocenters. The third-order valence-corrected chi connectivity index (χ3v) is 5.06. The van der Waals surface area contributed by atoms with Gasteiger partial charge in [0.1, 0.15) is 11.5 Å². The molecule has 0 spiro atoms. The molecule has 0 unspecified atom stereocenters. The Labute approximate surface area is 157 Å². The summed E-state index contributed by atoms with van der Waals surface area (Å²) in [5.41, 5.74) is 5.06. The van der Waals surface area contributed by atoms with Crippen LogP contribution in [-0.2, 0) is 6.54 Å². The molecular weight excluding hydrogens is 324 g/mol. The third-order valence-electron chi connectivity index (χ3n) is 5.06. The number of rotatable bonds is 6. The van der Waals surface area contributed by atoms with E-state index in [0.29, 0.717) is 6.04 Å². The molecule has 3 rings (SSSR count). The summed E-state index contributed by atoms with van der Waals surface area (Å²) in [6, 6.07) is 13.2. The van der Waals surface area contributed by atoms with Crippen LogP contribution in [0.5, 0.6) is 11.5 Å². The van der Waals surface area contributed by atoms with Crippen molar-refractivity contribution in [1.82, 2.24) is 4.90 Å².